The molecule has 0 atom stereocenters. The third-order valence-corrected chi connectivity index (χ3v) is 4.82. The Labute approximate surface area is 172 Å². The topological polar surface area (TPSA) is 55.9 Å². The molecule has 0 aliphatic rings. The predicted molar refractivity (Wildman–Crippen MR) is 117 cm³/mol. The Morgan fingerprint density at radius 1 is 0.897 bits per heavy atom. The second-order valence-corrected chi connectivity index (χ2v) is 7.20. The zero-order valence-corrected chi connectivity index (χ0v) is 18.0. The van der Waals surface area contributed by atoms with Crippen LogP contribution in [0.15, 0.2) is 36.4 Å². The number of pyridine rings is 1. The van der Waals surface area contributed by atoms with Crippen molar-refractivity contribution >= 4 is 16.7 Å². The molecule has 0 saturated heterocycles. The van der Waals surface area contributed by atoms with Crippen LogP contribution in [0.3, 0.4) is 0 Å². The van der Waals surface area contributed by atoms with Gasteiger partial charge in [0, 0.05) is 38.1 Å². The van der Waals surface area contributed by atoms with E-state index >= 15 is 0 Å². The van der Waals surface area contributed by atoms with Crippen LogP contribution in [0.2, 0.25) is 0 Å². The lowest BCUT2D eigenvalue weighted by molar-refractivity contribution is 0.323. The van der Waals surface area contributed by atoms with Crippen molar-refractivity contribution in [3.8, 4) is 17.2 Å². The molecule has 1 N–H and O–H groups in total. The first-order chi connectivity index (χ1) is 14.0. The molecule has 2 aromatic carbocycles. The highest BCUT2D eigenvalue weighted by atomic mass is 16.5. The van der Waals surface area contributed by atoms with E-state index in [-0.39, 0.29) is 0 Å². The van der Waals surface area contributed by atoms with Crippen molar-refractivity contribution < 1.29 is 14.2 Å². The van der Waals surface area contributed by atoms with E-state index in [0.29, 0.717) is 30.3 Å². The summed E-state index contributed by atoms with van der Waals surface area (Å²) in [6.45, 7) is 3.44. The number of rotatable bonds is 8. The highest BCUT2D eigenvalue weighted by molar-refractivity contribution is 5.82. The maximum Gasteiger partial charge on any atom is 0.203 e. The summed E-state index contributed by atoms with van der Waals surface area (Å²) in [5.74, 6) is 2.88. The minimum Gasteiger partial charge on any atom is -0.493 e. The van der Waals surface area contributed by atoms with E-state index < -0.39 is 0 Å². The average molecular weight is 396 g/mol. The molecular weight excluding hydrogens is 366 g/mol. The molecule has 0 bridgehead atoms. The molecule has 154 valence electrons. The van der Waals surface area contributed by atoms with Gasteiger partial charge in [0.1, 0.15) is 5.82 Å². The van der Waals surface area contributed by atoms with Crippen LogP contribution in [0.25, 0.3) is 10.9 Å². The SMILES string of the molecule is COc1cc(CNCc2cc3ccc(C)cc3nc2N(C)C)cc(OC)c1OC. The highest BCUT2D eigenvalue weighted by Crippen LogP contribution is 2.38. The number of aromatic nitrogens is 1. The number of methoxy groups -OCH3 is 3. The molecule has 0 fully saturated rings. The number of fused-ring (bicyclic) bond motifs is 1. The van der Waals surface area contributed by atoms with Crippen molar-refractivity contribution in [1.29, 1.82) is 0 Å². The summed E-state index contributed by atoms with van der Waals surface area (Å²) in [6, 6.07) is 12.5. The van der Waals surface area contributed by atoms with Crippen molar-refractivity contribution in [2.45, 2.75) is 20.0 Å². The molecule has 0 amide bonds. The number of hydrogen-bond acceptors (Lipinski definition) is 6. The molecule has 6 heteroatoms. The van der Waals surface area contributed by atoms with E-state index in [9.17, 15) is 0 Å². The molecule has 0 aliphatic heterocycles. The molecule has 0 radical (unpaired) electrons. The standard InChI is InChI=1S/C23H29N3O3/c1-15-7-8-17-12-18(23(26(2)3)25-19(17)9-15)14-24-13-16-10-20(27-4)22(29-6)21(11-16)28-5/h7-12,24H,13-14H2,1-6H3. The van der Waals surface area contributed by atoms with Gasteiger partial charge >= 0.3 is 0 Å². The fourth-order valence-corrected chi connectivity index (χ4v) is 3.41. The summed E-state index contributed by atoms with van der Waals surface area (Å²) in [6.07, 6.45) is 0. The van der Waals surface area contributed by atoms with Gasteiger partial charge in [-0.3, -0.25) is 0 Å². The summed E-state index contributed by atoms with van der Waals surface area (Å²) in [5.41, 5.74) is 4.43. The van der Waals surface area contributed by atoms with Gasteiger partial charge in [-0.2, -0.15) is 0 Å². The van der Waals surface area contributed by atoms with Crippen LogP contribution >= 0.6 is 0 Å². The van der Waals surface area contributed by atoms with E-state index in [0.717, 1.165) is 27.8 Å². The van der Waals surface area contributed by atoms with Gasteiger partial charge in [0.05, 0.1) is 26.8 Å². The minimum atomic E-state index is 0.600. The monoisotopic (exact) mass is 395 g/mol. The maximum atomic E-state index is 5.44. The van der Waals surface area contributed by atoms with Crippen LogP contribution in [-0.4, -0.2) is 40.4 Å². The largest absolute Gasteiger partial charge is 0.493 e. The Morgan fingerprint density at radius 2 is 1.59 bits per heavy atom. The van der Waals surface area contributed by atoms with E-state index in [4.69, 9.17) is 19.2 Å². The molecule has 0 saturated carbocycles. The average Bonchev–Trinajstić information content (AvgIpc) is 2.72. The van der Waals surface area contributed by atoms with Crippen LogP contribution in [0.5, 0.6) is 17.2 Å². The minimum absolute atomic E-state index is 0.600. The molecule has 0 unspecified atom stereocenters. The van der Waals surface area contributed by atoms with Crippen molar-refractivity contribution in [3.63, 3.8) is 0 Å². The molecule has 0 aliphatic carbocycles. The first-order valence-corrected chi connectivity index (χ1v) is 9.54. The number of benzene rings is 2. The van der Waals surface area contributed by atoms with Crippen molar-refractivity contribution in [3.05, 3.63) is 53.1 Å². The third-order valence-electron chi connectivity index (χ3n) is 4.82. The second kappa shape index (κ2) is 9.01. The maximum absolute atomic E-state index is 5.44. The Hall–Kier alpha value is -2.99. The van der Waals surface area contributed by atoms with Gasteiger partial charge in [-0.05, 0) is 42.3 Å². The van der Waals surface area contributed by atoms with E-state index in [1.165, 1.54) is 5.56 Å². The van der Waals surface area contributed by atoms with Gasteiger partial charge in [-0.15, -0.1) is 0 Å². The molecule has 3 aromatic rings. The number of anilines is 1. The van der Waals surface area contributed by atoms with Gasteiger partial charge in [0.15, 0.2) is 11.5 Å². The Kier molecular flexibility index (Phi) is 6.44. The van der Waals surface area contributed by atoms with Crippen LogP contribution in [0.1, 0.15) is 16.7 Å². The lowest BCUT2D eigenvalue weighted by Crippen LogP contribution is -2.18. The molecule has 3 rings (SSSR count). The number of nitrogens with zero attached hydrogens (tertiary/aromatic N) is 2. The van der Waals surface area contributed by atoms with Crippen LogP contribution in [0, 0.1) is 6.92 Å². The Morgan fingerprint density at radius 3 is 2.17 bits per heavy atom. The predicted octanol–water partition coefficient (Wildman–Crippen LogP) is 3.92. The summed E-state index contributed by atoms with van der Waals surface area (Å²) >= 11 is 0. The zero-order valence-electron chi connectivity index (χ0n) is 18.0. The Bertz CT molecular complexity index is 977. The number of aryl methyl sites for hydroxylation is 1. The van der Waals surface area contributed by atoms with Gasteiger partial charge in [-0.25, -0.2) is 4.98 Å². The number of hydrogen-bond donors (Lipinski definition) is 1. The van der Waals surface area contributed by atoms with E-state index in [1.54, 1.807) is 21.3 Å². The third kappa shape index (κ3) is 4.54. The summed E-state index contributed by atoms with van der Waals surface area (Å²) < 4.78 is 16.3. The van der Waals surface area contributed by atoms with E-state index in [2.05, 4.69) is 41.4 Å². The molecule has 0 spiro atoms. The van der Waals surface area contributed by atoms with Crippen molar-refractivity contribution in [1.82, 2.24) is 10.3 Å². The fraction of sp³-hybridized carbons (Fsp3) is 0.348. The second-order valence-electron chi connectivity index (χ2n) is 7.20. The molecule has 1 aromatic heterocycles. The molecular formula is C23H29N3O3. The summed E-state index contributed by atoms with van der Waals surface area (Å²) in [5, 5.41) is 4.66. The first kappa shape index (κ1) is 20.7. The normalized spacial score (nSPS) is 10.8. The van der Waals surface area contributed by atoms with Gasteiger partial charge in [0.25, 0.3) is 0 Å². The highest BCUT2D eigenvalue weighted by Gasteiger charge is 2.14. The molecule has 1 heterocycles. The van der Waals surface area contributed by atoms with Crippen LogP contribution in [0.4, 0.5) is 5.82 Å². The summed E-state index contributed by atoms with van der Waals surface area (Å²) in [4.78, 5) is 6.92. The quantitative estimate of drug-likeness (QED) is 0.624. The van der Waals surface area contributed by atoms with Crippen LogP contribution in [-0.2, 0) is 13.1 Å². The summed E-state index contributed by atoms with van der Waals surface area (Å²) in [7, 11) is 8.90. The van der Waals surface area contributed by atoms with Gasteiger partial charge in [-0.1, -0.05) is 12.1 Å². The Balaban J connectivity index is 1.82. The number of ether oxygens (including phenoxy) is 3. The van der Waals surface area contributed by atoms with Gasteiger partial charge in [0.2, 0.25) is 5.75 Å². The molecule has 29 heavy (non-hydrogen) atoms. The van der Waals surface area contributed by atoms with Crippen molar-refractivity contribution in [2.24, 2.45) is 0 Å². The zero-order chi connectivity index (χ0) is 21.0. The first-order valence-electron chi connectivity index (χ1n) is 9.54. The lowest BCUT2D eigenvalue weighted by Gasteiger charge is -2.18. The van der Waals surface area contributed by atoms with Crippen molar-refractivity contribution in [2.75, 3.05) is 40.3 Å². The van der Waals surface area contributed by atoms with Gasteiger partial charge < -0.3 is 24.4 Å². The smallest absolute Gasteiger partial charge is 0.203 e. The molecule has 6 nitrogen and oxygen atoms in total. The fourth-order valence-electron chi connectivity index (χ4n) is 3.41. The lowest BCUT2D eigenvalue weighted by atomic mass is 10.1. The van der Waals surface area contributed by atoms with Crippen LogP contribution < -0.4 is 24.4 Å². The van der Waals surface area contributed by atoms with E-state index in [1.807, 2.05) is 26.2 Å². The number of nitrogens with one attached hydrogen (secondary N) is 1.